The summed E-state index contributed by atoms with van der Waals surface area (Å²) in [6.45, 7) is 6.73. The zero-order valence-corrected chi connectivity index (χ0v) is 18.1. The Balaban J connectivity index is 1.33. The Morgan fingerprint density at radius 2 is 1.90 bits per heavy atom. The van der Waals surface area contributed by atoms with Gasteiger partial charge < -0.3 is 9.64 Å². The summed E-state index contributed by atoms with van der Waals surface area (Å²) >= 11 is 1.52. The number of fused-ring (bicyclic) bond motifs is 2. The van der Waals surface area contributed by atoms with Gasteiger partial charge >= 0.3 is 0 Å². The number of ether oxygens (including phenoxy) is 1. The molecular formula is C25H26N2O2S. The third-order valence-corrected chi connectivity index (χ3v) is 7.07. The van der Waals surface area contributed by atoms with Crippen molar-refractivity contribution in [1.82, 2.24) is 9.80 Å². The molecule has 5 rings (SSSR count). The number of nitrogens with zero attached hydrogens (tertiary/aromatic N) is 2. The Morgan fingerprint density at radius 3 is 2.73 bits per heavy atom. The van der Waals surface area contributed by atoms with E-state index in [2.05, 4.69) is 47.4 Å². The maximum absolute atomic E-state index is 13.0. The van der Waals surface area contributed by atoms with E-state index in [1.807, 2.05) is 23.3 Å². The summed E-state index contributed by atoms with van der Waals surface area (Å²) < 4.78 is 5.96. The van der Waals surface area contributed by atoms with Crippen molar-refractivity contribution in [2.24, 2.45) is 0 Å². The SMILES string of the molecule is Cc1ccsc1C(=O)N1CCOc2ccc(CN3CCc4ccccc4C3)cc2C1. The van der Waals surface area contributed by atoms with Gasteiger partial charge in [-0.25, -0.2) is 0 Å². The molecule has 0 aliphatic carbocycles. The summed E-state index contributed by atoms with van der Waals surface area (Å²) in [5.74, 6) is 1.01. The summed E-state index contributed by atoms with van der Waals surface area (Å²) in [6.07, 6.45) is 1.10. The summed E-state index contributed by atoms with van der Waals surface area (Å²) in [4.78, 5) is 18.3. The Hall–Kier alpha value is -2.63. The Morgan fingerprint density at radius 1 is 1.03 bits per heavy atom. The molecule has 30 heavy (non-hydrogen) atoms. The molecule has 3 heterocycles. The van der Waals surface area contributed by atoms with Crippen molar-refractivity contribution in [2.75, 3.05) is 19.7 Å². The van der Waals surface area contributed by atoms with Crippen molar-refractivity contribution in [3.8, 4) is 5.75 Å². The molecule has 0 saturated heterocycles. The fourth-order valence-electron chi connectivity index (χ4n) is 4.40. The quantitative estimate of drug-likeness (QED) is 0.621. The lowest BCUT2D eigenvalue weighted by molar-refractivity contribution is 0.0737. The first-order chi connectivity index (χ1) is 14.7. The van der Waals surface area contributed by atoms with Crippen LogP contribution in [0.5, 0.6) is 5.75 Å². The highest BCUT2D eigenvalue weighted by Crippen LogP contribution is 2.28. The minimum Gasteiger partial charge on any atom is -0.491 e. The minimum absolute atomic E-state index is 0.108. The molecule has 2 aliphatic rings. The highest BCUT2D eigenvalue weighted by molar-refractivity contribution is 7.12. The number of hydrogen-bond donors (Lipinski definition) is 0. The molecule has 0 fully saturated rings. The molecule has 0 atom stereocenters. The summed E-state index contributed by atoms with van der Waals surface area (Å²) in [6, 6.07) is 17.2. The normalized spacial score (nSPS) is 16.4. The van der Waals surface area contributed by atoms with Crippen LogP contribution < -0.4 is 4.74 Å². The van der Waals surface area contributed by atoms with Gasteiger partial charge in [0.2, 0.25) is 0 Å². The van der Waals surface area contributed by atoms with Crippen LogP contribution in [0.4, 0.5) is 0 Å². The van der Waals surface area contributed by atoms with Crippen LogP contribution in [0.15, 0.2) is 53.9 Å². The molecule has 0 radical (unpaired) electrons. The van der Waals surface area contributed by atoms with Gasteiger partial charge in [0.05, 0.1) is 11.4 Å². The monoisotopic (exact) mass is 418 g/mol. The smallest absolute Gasteiger partial charge is 0.264 e. The fourth-order valence-corrected chi connectivity index (χ4v) is 5.29. The second-order valence-corrected chi connectivity index (χ2v) is 9.10. The van der Waals surface area contributed by atoms with Crippen molar-refractivity contribution in [3.05, 3.63) is 86.6 Å². The zero-order valence-electron chi connectivity index (χ0n) is 17.3. The predicted octanol–water partition coefficient (Wildman–Crippen LogP) is 4.65. The molecule has 0 spiro atoms. The number of rotatable bonds is 3. The highest BCUT2D eigenvalue weighted by Gasteiger charge is 2.24. The Kier molecular flexibility index (Phi) is 5.32. The molecule has 1 aromatic heterocycles. The van der Waals surface area contributed by atoms with Gasteiger partial charge in [-0.3, -0.25) is 9.69 Å². The van der Waals surface area contributed by atoms with E-state index in [1.165, 1.54) is 28.0 Å². The van der Waals surface area contributed by atoms with E-state index in [1.54, 1.807) is 0 Å². The number of aryl methyl sites for hydroxylation is 1. The van der Waals surface area contributed by atoms with Crippen LogP contribution >= 0.6 is 11.3 Å². The van der Waals surface area contributed by atoms with Gasteiger partial charge in [-0.1, -0.05) is 30.3 Å². The molecule has 3 aromatic rings. The average molecular weight is 419 g/mol. The van der Waals surface area contributed by atoms with Gasteiger partial charge in [0.1, 0.15) is 12.4 Å². The van der Waals surface area contributed by atoms with Gasteiger partial charge in [0.25, 0.3) is 5.91 Å². The molecule has 1 amide bonds. The molecule has 0 saturated carbocycles. The number of benzene rings is 2. The van der Waals surface area contributed by atoms with Gasteiger partial charge in [-0.05, 0) is 59.2 Å². The Labute approximate surface area is 181 Å². The fraction of sp³-hybridized carbons (Fsp3) is 0.320. The number of carbonyl (C=O) groups excluding carboxylic acids is 1. The third-order valence-electron chi connectivity index (χ3n) is 6.06. The third kappa shape index (κ3) is 3.87. The molecule has 0 N–H and O–H groups in total. The molecule has 0 bridgehead atoms. The molecule has 0 unspecified atom stereocenters. The van der Waals surface area contributed by atoms with Crippen molar-refractivity contribution < 1.29 is 9.53 Å². The van der Waals surface area contributed by atoms with Gasteiger partial charge in [-0.2, -0.15) is 0 Å². The van der Waals surface area contributed by atoms with E-state index < -0.39 is 0 Å². The molecular weight excluding hydrogens is 392 g/mol. The lowest BCUT2D eigenvalue weighted by atomic mass is 9.99. The molecule has 2 aliphatic heterocycles. The van der Waals surface area contributed by atoms with Crippen LogP contribution in [0.1, 0.15) is 37.5 Å². The topological polar surface area (TPSA) is 32.8 Å². The van der Waals surface area contributed by atoms with Crippen LogP contribution in [-0.2, 0) is 26.1 Å². The van der Waals surface area contributed by atoms with Crippen LogP contribution in [0.2, 0.25) is 0 Å². The van der Waals surface area contributed by atoms with E-state index in [4.69, 9.17) is 4.74 Å². The first kappa shape index (κ1) is 19.3. The zero-order chi connectivity index (χ0) is 20.5. The predicted molar refractivity (Wildman–Crippen MR) is 120 cm³/mol. The summed E-state index contributed by atoms with van der Waals surface area (Å²) in [5, 5.41) is 1.99. The number of hydrogen-bond acceptors (Lipinski definition) is 4. The van der Waals surface area contributed by atoms with Gasteiger partial charge in [0, 0.05) is 31.7 Å². The largest absolute Gasteiger partial charge is 0.491 e. The molecule has 154 valence electrons. The second-order valence-electron chi connectivity index (χ2n) is 8.18. The maximum Gasteiger partial charge on any atom is 0.264 e. The van der Waals surface area contributed by atoms with E-state index >= 15 is 0 Å². The Bertz CT molecular complexity index is 1070. The minimum atomic E-state index is 0.108. The van der Waals surface area contributed by atoms with Crippen molar-refractivity contribution >= 4 is 17.2 Å². The van der Waals surface area contributed by atoms with E-state index in [0.717, 1.165) is 47.8 Å². The summed E-state index contributed by atoms with van der Waals surface area (Å²) in [7, 11) is 0. The van der Waals surface area contributed by atoms with Crippen LogP contribution in [0.3, 0.4) is 0 Å². The van der Waals surface area contributed by atoms with E-state index in [-0.39, 0.29) is 5.91 Å². The van der Waals surface area contributed by atoms with E-state index in [0.29, 0.717) is 19.7 Å². The van der Waals surface area contributed by atoms with Crippen molar-refractivity contribution in [1.29, 1.82) is 0 Å². The molecule has 5 heteroatoms. The number of amides is 1. The first-order valence-electron chi connectivity index (χ1n) is 10.5. The number of thiophene rings is 1. The van der Waals surface area contributed by atoms with Crippen molar-refractivity contribution in [2.45, 2.75) is 33.0 Å². The highest BCUT2D eigenvalue weighted by atomic mass is 32.1. The lowest BCUT2D eigenvalue weighted by Gasteiger charge is -2.29. The van der Waals surface area contributed by atoms with Crippen LogP contribution in [0, 0.1) is 6.92 Å². The average Bonchev–Trinajstić information content (AvgIpc) is 3.07. The summed E-state index contributed by atoms with van der Waals surface area (Å²) in [5.41, 5.74) is 6.34. The van der Waals surface area contributed by atoms with Gasteiger partial charge in [-0.15, -0.1) is 11.3 Å². The molecule has 4 nitrogen and oxygen atoms in total. The number of carbonyl (C=O) groups is 1. The second kappa shape index (κ2) is 8.25. The van der Waals surface area contributed by atoms with Crippen LogP contribution in [-0.4, -0.2) is 35.4 Å². The lowest BCUT2D eigenvalue weighted by Crippen LogP contribution is -2.32. The molecule has 2 aromatic carbocycles. The van der Waals surface area contributed by atoms with Gasteiger partial charge in [0.15, 0.2) is 0 Å². The first-order valence-corrected chi connectivity index (χ1v) is 11.4. The maximum atomic E-state index is 13.0. The van der Waals surface area contributed by atoms with Crippen LogP contribution in [0.25, 0.3) is 0 Å². The van der Waals surface area contributed by atoms with Crippen molar-refractivity contribution in [3.63, 3.8) is 0 Å². The van der Waals surface area contributed by atoms with E-state index in [9.17, 15) is 4.79 Å². The standard InChI is InChI=1S/C25H26N2O2S/c1-18-9-13-30-24(18)25(28)27-11-12-29-23-7-6-19(14-22(23)17-27)15-26-10-8-20-4-2-3-5-21(20)16-26/h2-7,9,13-14H,8,10-12,15-17H2,1H3.